The quantitative estimate of drug-likeness (QED) is 0.0313. The third kappa shape index (κ3) is 17.9. The minimum absolute atomic E-state index is 0. The molecule has 0 aliphatic heterocycles. The Labute approximate surface area is 505 Å². The van der Waals surface area contributed by atoms with Crippen LogP contribution in [0.25, 0.3) is 12.2 Å². The molecule has 0 saturated carbocycles. The Morgan fingerprint density at radius 2 is 0.667 bits per heavy atom. The van der Waals surface area contributed by atoms with Crippen molar-refractivity contribution in [3.63, 3.8) is 0 Å². The molecule has 4 N–H and O–H groups in total. The van der Waals surface area contributed by atoms with E-state index in [-0.39, 0.29) is 176 Å². The van der Waals surface area contributed by atoms with Gasteiger partial charge in [-0.2, -0.15) is 29.9 Å². The first kappa shape index (κ1) is 65.2. The van der Waals surface area contributed by atoms with E-state index in [9.17, 15) is 51.9 Å². The molecule has 0 unspecified atom stereocenters. The van der Waals surface area contributed by atoms with Gasteiger partial charge in [0.25, 0.3) is 0 Å². The van der Waals surface area contributed by atoms with Crippen molar-refractivity contribution in [3.05, 3.63) is 96.1 Å². The van der Waals surface area contributed by atoms with Crippen LogP contribution in [0, 0.1) is 0 Å². The summed E-state index contributed by atoms with van der Waals surface area (Å²) in [5.74, 6) is 0.144. The normalized spacial score (nSPS) is 11.5. The molecule has 0 aliphatic carbocycles. The monoisotopic (exact) mass is 1100 g/mol. The SMILES string of the molecule is CCN(CC)c1nc(Nc2ccc(S(=O)(=O)[O-])cc2)nc(Nc2ccc(C=Cc3ccc(Nc4nc(Nc5ccc(S(=O)(=O)[O-])cc5)nc(N(CC)CC)n4)cc3S(=O)(=O)[O-])c(S(=O)(=O)[O-])c2)n1.[Na+].[Na+].[Na+].[Na+]. The smallest absolute Gasteiger partial charge is 0.744 e. The number of benzene rings is 4. The largest absolute Gasteiger partial charge is 1.00 e. The Balaban J connectivity index is 0.00000444. The van der Waals surface area contributed by atoms with Crippen molar-refractivity contribution in [1.29, 1.82) is 0 Å². The Morgan fingerprint density at radius 1 is 0.403 bits per heavy atom. The van der Waals surface area contributed by atoms with Crippen molar-refractivity contribution in [3.8, 4) is 0 Å². The molecule has 72 heavy (non-hydrogen) atoms. The Bertz CT molecular complexity index is 3110. The number of nitrogens with one attached hydrogen (secondary N) is 4. The fraction of sp³-hybridized carbons (Fsp3) is 0.200. The summed E-state index contributed by atoms with van der Waals surface area (Å²) in [5, 5.41) is 11.5. The maximum absolute atomic E-state index is 12.6. The molecular weight excluding hydrogens is 1060 g/mol. The van der Waals surface area contributed by atoms with Crippen LogP contribution in [-0.4, -0.2) is 108 Å². The number of hydrogen-bond acceptors (Lipinski definition) is 24. The van der Waals surface area contributed by atoms with E-state index < -0.39 is 60.1 Å². The van der Waals surface area contributed by atoms with Crippen LogP contribution in [0.3, 0.4) is 0 Å². The van der Waals surface area contributed by atoms with Crippen molar-refractivity contribution in [2.75, 3.05) is 57.2 Å². The van der Waals surface area contributed by atoms with E-state index in [0.717, 1.165) is 48.6 Å². The third-order valence-electron chi connectivity index (χ3n) is 9.66. The first-order valence-electron chi connectivity index (χ1n) is 20.1. The second-order valence-electron chi connectivity index (χ2n) is 14.1. The van der Waals surface area contributed by atoms with Crippen molar-refractivity contribution in [1.82, 2.24) is 29.9 Å². The van der Waals surface area contributed by atoms with E-state index in [2.05, 4.69) is 51.2 Å². The Morgan fingerprint density at radius 3 is 0.917 bits per heavy atom. The van der Waals surface area contributed by atoms with E-state index in [1.54, 1.807) is 9.80 Å². The molecule has 0 aliphatic rings. The molecule has 24 nitrogen and oxygen atoms in total. The van der Waals surface area contributed by atoms with Crippen LogP contribution in [-0.2, 0) is 40.5 Å². The predicted octanol–water partition coefficient (Wildman–Crippen LogP) is -7.47. The summed E-state index contributed by atoms with van der Waals surface area (Å²) in [6.45, 7) is 9.30. The molecule has 0 spiro atoms. The summed E-state index contributed by atoms with van der Waals surface area (Å²) in [7, 11) is -19.8. The van der Waals surface area contributed by atoms with Crippen LogP contribution in [0.2, 0.25) is 0 Å². The fourth-order valence-electron chi connectivity index (χ4n) is 6.29. The summed E-state index contributed by atoms with van der Waals surface area (Å²) < 4.78 is 144. The van der Waals surface area contributed by atoms with Gasteiger partial charge in [0.1, 0.15) is 40.5 Å². The summed E-state index contributed by atoms with van der Waals surface area (Å²) in [6.07, 6.45) is 2.27. The van der Waals surface area contributed by atoms with Crippen molar-refractivity contribution < 1.29 is 170 Å². The van der Waals surface area contributed by atoms with E-state index >= 15 is 0 Å². The van der Waals surface area contributed by atoms with Gasteiger partial charge in [0.15, 0.2) is 0 Å². The molecule has 0 radical (unpaired) electrons. The van der Waals surface area contributed by atoms with Gasteiger partial charge in [-0.05, 0) is 112 Å². The maximum atomic E-state index is 12.6. The van der Waals surface area contributed by atoms with Gasteiger partial charge in [-0.25, -0.2) is 33.7 Å². The van der Waals surface area contributed by atoms with Gasteiger partial charge < -0.3 is 49.3 Å². The molecule has 6 aromatic rings. The first-order chi connectivity index (χ1) is 32.0. The van der Waals surface area contributed by atoms with Crippen molar-refractivity contribution in [2.24, 2.45) is 0 Å². The average molecular weight is 1100 g/mol. The molecule has 6 rings (SSSR count). The topological polar surface area (TPSA) is 361 Å². The molecular formula is C40H40N12Na4O12S4. The average Bonchev–Trinajstić information content (AvgIpc) is 3.26. The summed E-state index contributed by atoms with van der Waals surface area (Å²) in [5.41, 5.74) is 0.356. The first-order valence-corrected chi connectivity index (χ1v) is 25.7. The summed E-state index contributed by atoms with van der Waals surface area (Å²) in [6, 6.07) is 17.0. The zero-order valence-corrected chi connectivity index (χ0v) is 51.4. The summed E-state index contributed by atoms with van der Waals surface area (Å²) in [4.78, 5) is 27.5. The van der Waals surface area contributed by atoms with Crippen molar-refractivity contribution >= 4 is 111 Å². The zero-order valence-electron chi connectivity index (χ0n) is 40.2. The van der Waals surface area contributed by atoms with Crippen LogP contribution >= 0.6 is 0 Å². The van der Waals surface area contributed by atoms with Gasteiger partial charge in [0.05, 0.1) is 19.6 Å². The van der Waals surface area contributed by atoms with Gasteiger partial charge in [-0.1, -0.05) is 24.3 Å². The molecule has 0 saturated heterocycles. The van der Waals surface area contributed by atoms with Crippen LogP contribution in [0.4, 0.5) is 58.4 Å². The molecule has 0 atom stereocenters. The maximum Gasteiger partial charge on any atom is 1.00 e. The van der Waals surface area contributed by atoms with Gasteiger partial charge in [-0.15, -0.1) is 0 Å². The number of anilines is 10. The number of rotatable bonds is 20. The molecule has 2 aromatic heterocycles. The standard InChI is InChI=1S/C40H44N12O12S4.4Na/c1-5-51(6-2)39-47-35(41-27-15-19-31(20-16-27)65(53,54)55)45-37(49-39)43-29-13-11-25(33(23-29)67(59,60)61)9-10-26-12-14-30(24-34(26)68(62,63)64)44-38-46-36(48-40(50-38)52(7-3)8-4)42-28-17-21-32(22-18-28)66(56,57)58;;;;/h9-24H,5-8H2,1-4H3,(H,53,54,55)(H,56,57,58)(H,59,60,61)(H,62,63,64)(H2,41,43,45,47,49)(H2,42,44,46,48,50);;;;/q;4*+1/p-4. The van der Waals surface area contributed by atoms with Gasteiger partial charge in [0.2, 0.25) is 35.7 Å². The van der Waals surface area contributed by atoms with Gasteiger partial charge in [0, 0.05) is 48.9 Å². The van der Waals surface area contributed by atoms with E-state index in [4.69, 9.17) is 0 Å². The number of aromatic nitrogens is 6. The van der Waals surface area contributed by atoms with Crippen LogP contribution in [0.5, 0.6) is 0 Å². The van der Waals surface area contributed by atoms with E-state index in [0.29, 0.717) is 37.6 Å². The zero-order chi connectivity index (χ0) is 49.6. The molecule has 2 heterocycles. The minimum Gasteiger partial charge on any atom is -0.744 e. The minimum atomic E-state index is -5.20. The third-order valence-corrected chi connectivity index (χ3v) is 13.1. The summed E-state index contributed by atoms with van der Waals surface area (Å²) >= 11 is 0. The van der Waals surface area contributed by atoms with Crippen molar-refractivity contribution in [2.45, 2.75) is 47.3 Å². The van der Waals surface area contributed by atoms with Gasteiger partial charge >= 0.3 is 118 Å². The molecule has 4 aromatic carbocycles. The molecule has 0 bridgehead atoms. The second-order valence-corrected chi connectivity index (χ2v) is 19.6. The Kier molecular flexibility index (Phi) is 25.1. The number of nitrogens with zero attached hydrogens (tertiary/aromatic N) is 8. The van der Waals surface area contributed by atoms with E-state index in [1.807, 2.05) is 27.7 Å². The van der Waals surface area contributed by atoms with Gasteiger partial charge in [-0.3, -0.25) is 0 Å². The number of hydrogen-bond donors (Lipinski definition) is 4. The Hall–Kier alpha value is -2.92. The molecule has 0 fully saturated rings. The molecule has 0 amide bonds. The fourth-order valence-corrected chi connectivity index (χ4v) is 8.62. The molecule has 32 heteroatoms. The second kappa shape index (κ2) is 27.7. The van der Waals surface area contributed by atoms with E-state index in [1.165, 1.54) is 48.5 Å². The molecule has 360 valence electrons. The predicted molar refractivity (Wildman–Crippen MR) is 246 cm³/mol. The van der Waals surface area contributed by atoms with Crippen LogP contribution in [0.1, 0.15) is 38.8 Å². The van der Waals surface area contributed by atoms with Crippen LogP contribution < -0.4 is 149 Å². The van der Waals surface area contributed by atoms with Crippen LogP contribution in [0.15, 0.2) is 105 Å².